The highest BCUT2D eigenvalue weighted by molar-refractivity contribution is 5.93. The Bertz CT molecular complexity index is 586. The zero-order valence-corrected chi connectivity index (χ0v) is 15.3. The second-order valence-electron chi connectivity index (χ2n) is 7.57. The van der Waals surface area contributed by atoms with Crippen LogP contribution in [0.25, 0.3) is 0 Å². The quantitative estimate of drug-likeness (QED) is 0.817. The van der Waals surface area contributed by atoms with E-state index in [0.29, 0.717) is 30.5 Å². The minimum Gasteiger partial charge on any atom is -0.355 e. The van der Waals surface area contributed by atoms with Crippen LogP contribution < -0.4 is 5.32 Å². The van der Waals surface area contributed by atoms with Gasteiger partial charge in [0.1, 0.15) is 0 Å². The van der Waals surface area contributed by atoms with Crippen molar-refractivity contribution in [3.63, 3.8) is 0 Å². The molecular weight excluding hydrogens is 312 g/mol. The van der Waals surface area contributed by atoms with Crippen molar-refractivity contribution in [1.29, 1.82) is 0 Å². The number of amides is 2. The van der Waals surface area contributed by atoms with E-state index in [2.05, 4.69) is 10.2 Å². The van der Waals surface area contributed by atoms with Gasteiger partial charge < -0.3 is 10.2 Å². The molecule has 0 saturated heterocycles. The van der Waals surface area contributed by atoms with Gasteiger partial charge in [0.25, 0.3) is 5.91 Å². The first-order valence-corrected chi connectivity index (χ1v) is 9.78. The molecule has 0 aliphatic heterocycles. The molecule has 1 aromatic carbocycles. The maximum absolute atomic E-state index is 12.8. The Kier molecular flexibility index (Phi) is 6.11. The summed E-state index contributed by atoms with van der Waals surface area (Å²) in [6.45, 7) is 0.669. The Morgan fingerprint density at radius 3 is 2.32 bits per heavy atom. The molecule has 0 heterocycles. The molecule has 0 radical (unpaired) electrons. The predicted molar refractivity (Wildman–Crippen MR) is 99.2 cm³/mol. The van der Waals surface area contributed by atoms with Gasteiger partial charge in [-0.1, -0.05) is 44.2 Å². The molecular formula is C21H30N2O2. The van der Waals surface area contributed by atoms with Gasteiger partial charge in [0.15, 0.2) is 0 Å². The van der Waals surface area contributed by atoms with Crippen molar-refractivity contribution in [2.24, 2.45) is 5.92 Å². The summed E-state index contributed by atoms with van der Waals surface area (Å²) in [6.07, 6.45) is 10.7. The molecule has 2 fully saturated rings. The molecule has 0 aromatic heterocycles. The van der Waals surface area contributed by atoms with E-state index >= 15 is 0 Å². The van der Waals surface area contributed by atoms with E-state index in [1.54, 1.807) is 7.05 Å². The van der Waals surface area contributed by atoms with Crippen molar-refractivity contribution in [3.05, 3.63) is 35.4 Å². The van der Waals surface area contributed by atoms with Gasteiger partial charge in [-0.3, -0.25) is 9.59 Å². The zero-order chi connectivity index (χ0) is 17.6. The van der Waals surface area contributed by atoms with Gasteiger partial charge in [-0.15, -0.1) is 0 Å². The molecule has 0 spiro atoms. The number of carbonyl (C=O) groups is 2. The summed E-state index contributed by atoms with van der Waals surface area (Å²) in [5.41, 5.74) is 1.76. The Labute approximate surface area is 151 Å². The molecule has 0 atom stereocenters. The fraction of sp³-hybridized carbons (Fsp3) is 0.619. The van der Waals surface area contributed by atoms with Crippen molar-refractivity contribution in [2.45, 2.75) is 70.4 Å². The molecule has 0 unspecified atom stereocenters. The van der Waals surface area contributed by atoms with Crippen molar-refractivity contribution in [3.8, 4) is 0 Å². The third kappa shape index (κ3) is 5.07. The van der Waals surface area contributed by atoms with Crippen LogP contribution in [0.1, 0.15) is 73.7 Å². The van der Waals surface area contributed by atoms with Crippen LogP contribution in [0.3, 0.4) is 0 Å². The molecule has 3 rings (SSSR count). The first-order chi connectivity index (χ1) is 12.2. The topological polar surface area (TPSA) is 49.4 Å². The highest BCUT2D eigenvalue weighted by atomic mass is 16.2. The normalized spacial score (nSPS) is 18.0. The van der Waals surface area contributed by atoms with Crippen molar-refractivity contribution < 1.29 is 9.59 Å². The molecule has 2 aliphatic rings. The van der Waals surface area contributed by atoms with Gasteiger partial charge in [-0.2, -0.15) is 0 Å². The average molecular weight is 342 g/mol. The molecule has 25 heavy (non-hydrogen) atoms. The Hall–Kier alpha value is -1.84. The lowest BCUT2D eigenvalue weighted by atomic mass is 9.86. The Morgan fingerprint density at radius 1 is 1.04 bits per heavy atom. The molecule has 2 amide bonds. The Balaban J connectivity index is 1.55. The van der Waals surface area contributed by atoms with Crippen molar-refractivity contribution in [2.75, 3.05) is 7.05 Å². The van der Waals surface area contributed by atoms with Gasteiger partial charge >= 0.3 is 0 Å². The van der Waals surface area contributed by atoms with E-state index in [1.165, 1.54) is 32.1 Å². The summed E-state index contributed by atoms with van der Waals surface area (Å²) in [5.74, 6) is 0.989. The molecule has 2 aliphatic carbocycles. The van der Waals surface area contributed by atoms with Crippen LogP contribution >= 0.6 is 0 Å². The molecule has 136 valence electrons. The van der Waals surface area contributed by atoms with E-state index < -0.39 is 0 Å². The van der Waals surface area contributed by atoms with Crippen LogP contribution in [-0.4, -0.2) is 29.8 Å². The Morgan fingerprint density at radius 2 is 1.72 bits per heavy atom. The zero-order valence-electron chi connectivity index (χ0n) is 15.3. The monoisotopic (exact) mass is 342 g/mol. The number of nitrogens with one attached hydrogen (secondary N) is 1. The van der Waals surface area contributed by atoms with Crippen molar-refractivity contribution in [1.82, 2.24) is 10.2 Å². The van der Waals surface area contributed by atoms with Crippen molar-refractivity contribution >= 4 is 11.8 Å². The van der Waals surface area contributed by atoms with Gasteiger partial charge in [-0.05, 0) is 42.9 Å². The number of nitrogens with zero attached hydrogens (tertiary/aromatic N) is 1. The van der Waals surface area contributed by atoms with E-state index in [9.17, 15) is 9.59 Å². The molecule has 2 saturated carbocycles. The summed E-state index contributed by atoms with van der Waals surface area (Å²) in [5, 5.41) is 2.63. The summed E-state index contributed by atoms with van der Waals surface area (Å²) >= 11 is 0. The number of benzene rings is 1. The number of hydrogen-bond acceptors (Lipinski definition) is 2. The smallest absolute Gasteiger partial charge is 0.251 e. The maximum atomic E-state index is 12.8. The molecule has 0 bridgehead atoms. The number of carbonyl (C=O) groups excluding carboxylic acids is 2. The predicted octanol–water partition coefficient (Wildman–Crippen LogP) is 3.90. The summed E-state index contributed by atoms with van der Waals surface area (Å²) in [7, 11) is 1.63. The fourth-order valence-corrected chi connectivity index (χ4v) is 3.86. The first-order valence-electron chi connectivity index (χ1n) is 9.78. The van der Waals surface area contributed by atoms with Crippen LogP contribution in [0.5, 0.6) is 0 Å². The van der Waals surface area contributed by atoms with Gasteiger partial charge in [-0.25, -0.2) is 0 Å². The summed E-state index contributed by atoms with van der Waals surface area (Å²) in [4.78, 5) is 26.5. The van der Waals surface area contributed by atoms with Crippen LogP contribution in [0, 0.1) is 5.92 Å². The maximum Gasteiger partial charge on any atom is 0.251 e. The fourth-order valence-electron chi connectivity index (χ4n) is 3.86. The van der Waals surface area contributed by atoms with Crippen LogP contribution in [0.4, 0.5) is 0 Å². The van der Waals surface area contributed by atoms with E-state index in [0.717, 1.165) is 30.7 Å². The molecule has 4 nitrogen and oxygen atoms in total. The first kappa shape index (κ1) is 18.0. The number of rotatable bonds is 7. The standard InChI is InChI=1S/C21H30N2O2/c1-22-21(25)18-10-7-17(8-11-18)15-23(19-12-13-19)20(24)14-9-16-5-3-2-4-6-16/h7-8,10-11,16,19H,2-6,9,12-15H2,1H3,(H,22,25). The second-order valence-corrected chi connectivity index (χ2v) is 7.57. The molecule has 1 N–H and O–H groups in total. The van der Waals surface area contributed by atoms with Crippen LogP contribution in [0.15, 0.2) is 24.3 Å². The van der Waals surface area contributed by atoms with E-state index in [4.69, 9.17) is 0 Å². The lowest BCUT2D eigenvalue weighted by molar-refractivity contribution is -0.132. The van der Waals surface area contributed by atoms with Gasteiger partial charge in [0.2, 0.25) is 5.91 Å². The van der Waals surface area contributed by atoms with E-state index in [-0.39, 0.29) is 5.91 Å². The highest BCUT2D eigenvalue weighted by Crippen LogP contribution is 2.31. The summed E-state index contributed by atoms with van der Waals surface area (Å²) in [6, 6.07) is 8.04. The highest BCUT2D eigenvalue weighted by Gasteiger charge is 2.32. The lowest BCUT2D eigenvalue weighted by Gasteiger charge is -2.25. The SMILES string of the molecule is CNC(=O)c1ccc(CN(C(=O)CCC2CCCCC2)C2CC2)cc1. The second kappa shape index (κ2) is 8.50. The minimum absolute atomic E-state index is 0.0749. The number of hydrogen-bond donors (Lipinski definition) is 1. The third-order valence-corrected chi connectivity index (χ3v) is 5.60. The summed E-state index contributed by atoms with van der Waals surface area (Å²) < 4.78 is 0. The van der Waals surface area contributed by atoms with Gasteiger partial charge in [0, 0.05) is 31.6 Å². The lowest BCUT2D eigenvalue weighted by Crippen LogP contribution is -2.32. The van der Waals surface area contributed by atoms with Crippen LogP contribution in [0.2, 0.25) is 0 Å². The van der Waals surface area contributed by atoms with Crippen LogP contribution in [-0.2, 0) is 11.3 Å². The largest absolute Gasteiger partial charge is 0.355 e. The third-order valence-electron chi connectivity index (χ3n) is 5.60. The average Bonchev–Trinajstić information content (AvgIpc) is 3.50. The molecule has 1 aromatic rings. The minimum atomic E-state index is -0.0749. The van der Waals surface area contributed by atoms with Gasteiger partial charge in [0.05, 0.1) is 0 Å². The van der Waals surface area contributed by atoms with E-state index in [1.807, 2.05) is 24.3 Å². The molecule has 4 heteroatoms.